The molecule has 0 radical (unpaired) electrons. The predicted octanol–water partition coefficient (Wildman–Crippen LogP) is 6.10. The number of halogens is 3. The first-order valence-corrected chi connectivity index (χ1v) is 13.2. The summed E-state index contributed by atoms with van der Waals surface area (Å²) in [6, 6.07) is 9.10. The number of benzene rings is 1. The number of aromatic nitrogens is 4. The minimum atomic E-state index is -4.47. The average Bonchev–Trinajstić information content (AvgIpc) is 3.27. The molecule has 198 valence electrons. The molecule has 0 spiro atoms. The number of aryl methyl sites for hydroxylation is 1. The number of likely N-dealkylation sites (tertiary alicyclic amines) is 1. The van der Waals surface area contributed by atoms with Crippen LogP contribution in [0.5, 0.6) is 0 Å². The second-order valence-corrected chi connectivity index (χ2v) is 10.8. The van der Waals surface area contributed by atoms with Crippen LogP contribution in [0.2, 0.25) is 0 Å². The summed E-state index contributed by atoms with van der Waals surface area (Å²) in [6.07, 6.45) is 4.13. The molecule has 1 N–H and O–H groups in total. The molecule has 37 heavy (non-hydrogen) atoms. The highest BCUT2D eigenvalue weighted by molar-refractivity contribution is 5.50. The van der Waals surface area contributed by atoms with E-state index in [1.807, 2.05) is 36.7 Å². The molecule has 1 aromatic carbocycles. The maximum Gasteiger partial charge on any atom is 0.418 e. The van der Waals surface area contributed by atoms with Gasteiger partial charge in [0.15, 0.2) is 0 Å². The Bertz CT molecular complexity index is 1230. The topological polar surface area (TPSA) is 58.9 Å². The first kappa shape index (κ1) is 25.7. The monoisotopic (exact) mass is 512 g/mol. The maximum atomic E-state index is 14.1. The molecule has 3 heterocycles. The standard InChI is InChI=1S/C28H35F3N6/c1-19-7-5-12-37(17-19)20(2)21-13-24(28(29,30)31)25(33-15-21)16-32-23-9-4-8-22(14-23)27(10-6-11-27)26-35-34-18-36(26)3/h4,8-9,13-15,18-20,32H,5-7,10-12,16-17H2,1-3H3/t19-,20?/m0/s1. The zero-order valence-corrected chi connectivity index (χ0v) is 21.7. The minimum Gasteiger partial charge on any atom is -0.379 e. The third-order valence-electron chi connectivity index (χ3n) is 8.24. The van der Waals surface area contributed by atoms with Crippen LogP contribution in [-0.2, 0) is 25.2 Å². The summed E-state index contributed by atoms with van der Waals surface area (Å²) in [4.78, 5) is 6.58. The van der Waals surface area contributed by atoms with E-state index in [0.717, 1.165) is 55.8 Å². The number of piperidine rings is 1. The zero-order valence-electron chi connectivity index (χ0n) is 21.7. The number of hydrogen-bond acceptors (Lipinski definition) is 5. The molecule has 1 unspecified atom stereocenters. The number of alkyl halides is 3. The van der Waals surface area contributed by atoms with Crippen LogP contribution in [0.25, 0.3) is 0 Å². The van der Waals surface area contributed by atoms with Crippen molar-refractivity contribution >= 4 is 5.69 Å². The van der Waals surface area contributed by atoms with Crippen molar-refractivity contribution < 1.29 is 13.2 Å². The van der Waals surface area contributed by atoms with E-state index in [1.165, 1.54) is 12.5 Å². The fraction of sp³-hybridized carbons (Fsp3) is 0.536. The van der Waals surface area contributed by atoms with Crippen LogP contribution in [0.4, 0.5) is 18.9 Å². The van der Waals surface area contributed by atoms with E-state index < -0.39 is 11.7 Å². The van der Waals surface area contributed by atoms with Gasteiger partial charge in [0.1, 0.15) is 12.2 Å². The first-order chi connectivity index (χ1) is 17.7. The fourth-order valence-electron chi connectivity index (χ4n) is 5.91. The Balaban J connectivity index is 1.36. The molecule has 1 saturated carbocycles. The summed E-state index contributed by atoms with van der Waals surface area (Å²) in [5, 5.41) is 11.6. The lowest BCUT2D eigenvalue weighted by molar-refractivity contribution is -0.138. The molecule has 2 atom stereocenters. The van der Waals surface area contributed by atoms with Crippen molar-refractivity contribution in [2.75, 3.05) is 18.4 Å². The smallest absolute Gasteiger partial charge is 0.379 e. The van der Waals surface area contributed by atoms with Gasteiger partial charge in [-0.3, -0.25) is 9.88 Å². The van der Waals surface area contributed by atoms with Gasteiger partial charge in [-0.2, -0.15) is 13.2 Å². The highest BCUT2D eigenvalue weighted by Gasteiger charge is 2.44. The van der Waals surface area contributed by atoms with Gasteiger partial charge in [0.05, 0.1) is 23.2 Å². The Hall–Kier alpha value is -2.94. The van der Waals surface area contributed by atoms with E-state index in [0.29, 0.717) is 11.5 Å². The molecule has 2 fully saturated rings. The summed E-state index contributed by atoms with van der Waals surface area (Å²) in [6.45, 7) is 5.97. The molecule has 2 aliphatic rings. The van der Waals surface area contributed by atoms with Crippen LogP contribution < -0.4 is 5.32 Å². The Labute approximate surface area is 216 Å². The van der Waals surface area contributed by atoms with Gasteiger partial charge in [-0.05, 0) is 74.4 Å². The van der Waals surface area contributed by atoms with Gasteiger partial charge >= 0.3 is 6.18 Å². The van der Waals surface area contributed by atoms with Crippen LogP contribution in [-0.4, -0.2) is 37.7 Å². The number of anilines is 1. The summed E-state index contributed by atoms with van der Waals surface area (Å²) in [5.74, 6) is 1.47. The summed E-state index contributed by atoms with van der Waals surface area (Å²) >= 11 is 0. The molecular formula is C28H35F3N6. The van der Waals surface area contributed by atoms with Crippen molar-refractivity contribution in [2.45, 2.75) is 70.1 Å². The van der Waals surface area contributed by atoms with E-state index in [2.05, 4.69) is 38.4 Å². The van der Waals surface area contributed by atoms with Crippen molar-refractivity contribution in [3.63, 3.8) is 0 Å². The molecule has 6 nitrogen and oxygen atoms in total. The first-order valence-electron chi connectivity index (χ1n) is 13.2. The largest absolute Gasteiger partial charge is 0.418 e. The summed E-state index contributed by atoms with van der Waals surface area (Å²) < 4.78 is 44.2. The number of rotatable bonds is 7. The molecule has 0 bridgehead atoms. The van der Waals surface area contributed by atoms with Gasteiger partial charge in [0, 0.05) is 31.5 Å². The van der Waals surface area contributed by atoms with Crippen LogP contribution in [0.15, 0.2) is 42.9 Å². The number of nitrogens with one attached hydrogen (secondary N) is 1. The summed E-state index contributed by atoms with van der Waals surface area (Å²) in [5.41, 5.74) is 1.61. The second kappa shape index (κ2) is 10.1. The fourth-order valence-corrected chi connectivity index (χ4v) is 5.91. The maximum absolute atomic E-state index is 14.1. The van der Waals surface area contributed by atoms with Crippen molar-refractivity contribution in [1.29, 1.82) is 0 Å². The quantitative estimate of drug-likeness (QED) is 0.414. The number of pyridine rings is 1. The lowest BCUT2D eigenvalue weighted by Gasteiger charge is -2.41. The van der Waals surface area contributed by atoms with Crippen LogP contribution in [0.1, 0.15) is 80.2 Å². The van der Waals surface area contributed by atoms with Crippen molar-refractivity contribution in [3.8, 4) is 0 Å². The van der Waals surface area contributed by atoms with E-state index in [-0.39, 0.29) is 23.7 Å². The predicted molar refractivity (Wildman–Crippen MR) is 137 cm³/mol. The minimum absolute atomic E-state index is 0.00697. The van der Waals surface area contributed by atoms with E-state index in [4.69, 9.17) is 0 Å². The Morgan fingerprint density at radius 2 is 2.00 bits per heavy atom. The number of nitrogens with zero attached hydrogens (tertiary/aromatic N) is 5. The lowest BCUT2D eigenvalue weighted by atomic mass is 9.63. The van der Waals surface area contributed by atoms with Gasteiger partial charge in [-0.25, -0.2) is 0 Å². The van der Waals surface area contributed by atoms with Crippen molar-refractivity contribution in [1.82, 2.24) is 24.6 Å². The van der Waals surface area contributed by atoms with Gasteiger partial charge in [-0.1, -0.05) is 25.5 Å². The van der Waals surface area contributed by atoms with E-state index >= 15 is 0 Å². The Kier molecular flexibility index (Phi) is 7.00. The Morgan fingerprint density at radius 1 is 1.19 bits per heavy atom. The molecule has 5 rings (SSSR count). The summed E-state index contributed by atoms with van der Waals surface area (Å²) in [7, 11) is 1.94. The Morgan fingerprint density at radius 3 is 2.65 bits per heavy atom. The SMILES string of the molecule is CC(c1cnc(CNc2cccc(C3(c4nncn4C)CCC3)c2)c(C(F)(F)F)c1)N1CCC[C@H](C)C1. The molecular weight excluding hydrogens is 477 g/mol. The third kappa shape index (κ3) is 5.10. The van der Waals surface area contributed by atoms with Gasteiger partial charge in [0.2, 0.25) is 0 Å². The molecule has 3 aromatic rings. The van der Waals surface area contributed by atoms with Crippen molar-refractivity contribution in [2.24, 2.45) is 13.0 Å². The molecule has 1 saturated heterocycles. The normalized spacial score (nSPS) is 20.9. The van der Waals surface area contributed by atoms with Crippen LogP contribution >= 0.6 is 0 Å². The van der Waals surface area contributed by atoms with Crippen LogP contribution in [0, 0.1) is 5.92 Å². The van der Waals surface area contributed by atoms with Crippen molar-refractivity contribution in [3.05, 3.63) is 71.1 Å². The van der Waals surface area contributed by atoms with Gasteiger partial charge < -0.3 is 9.88 Å². The molecule has 0 amide bonds. The average molecular weight is 513 g/mol. The van der Waals surface area contributed by atoms with Gasteiger partial charge in [0.25, 0.3) is 0 Å². The molecule has 9 heteroatoms. The van der Waals surface area contributed by atoms with Gasteiger partial charge in [-0.15, -0.1) is 10.2 Å². The third-order valence-corrected chi connectivity index (χ3v) is 8.24. The second-order valence-electron chi connectivity index (χ2n) is 10.8. The molecule has 1 aliphatic carbocycles. The molecule has 2 aromatic heterocycles. The zero-order chi connectivity index (χ0) is 26.2. The number of hydrogen-bond donors (Lipinski definition) is 1. The highest BCUT2D eigenvalue weighted by atomic mass is 19.4. The van der Waals surface area contributed by atoms with Crippen LogP contribution in [0.3, 0.4) is 0 Å². The van der Waals surface area contributed by atoms with E-state index in [9.17, 15) is 13.2 Å². The lowest BCUT2D eigenvalue weighted by Crippen LogP contribution is -2.38. The molecule has 1 aliphatic heterocycles. The van der Waals surface area contributed by atoms with E-state index in [1.54, 1.807) is 12.5 Å². The highest BCUT2D eigenvalue weighted by Crippen LogP contribution is 2.48.